The molecule has 2 rings (SSSR count). The molecular weight excluding hydrogens is 333 g/mol. The van der Waals surface area contributed by atoms with Gasteiger partial charge in [-0.15, -0.1) is 0 Å². The van der Waals surface area contributed by atoms with Crippen LogP contribution in [0.15, 0.2) is 48.5 Å². The van der Waals surface area contributed by atoms with Gasteiger partial charge in [-0.2, -0.15) is 0 Å². The smallest absolute Gasteiger partial charge is 0.331 e. The van der Waals surface area contributed by atoms with E-state index in [9.17, 15) is 14.0 Å². The van der Waals surface area contributed by atoms with E-state index in [1.165, 1.54) is 18.2 Å². The van der Waals surface area contributed by atoms with Crippen LogP contribution in [0.25, 0.3) is 6.08 Å². The summed E-state index contributed by atoms with van der Waals surface area (Å²) in [6.07, 6.45) is 2.85. The molecule has 2 aromatic carbocycles. The highest BCUT2D eigenvalue weighted by Crippen LogP contribution is 2.19. The number of hydrogen-bond acceptors (Lipinski definition) is 3. The monoisotopic (exact) mass is 347 g/mol. The van der Waals surface area contributed by atoms with Gasteiger partial charge in [-0.3, -0.25) is 4.79 Å². The predicted octanol–water partition coefficient (Wildman–Crippen LogP) is 3.98. The topological polar surface area (TPSA) is 55.4 Å². The first-order valence-electron chi connectivity index (χ1n) is 7.10. The van der Waals surface area contributed by atoms with Crippen molar-refractivity contribution in [1.29, 1.82) is 0 Å². The first kappa shape index (κ1) is 17.7. The number of esters is 1. The summed E-state index contributed by atoms with van der Waals surface area (Å²) >= 11 is 5.61. The van der Waals surface area contributed by atoms with Crippen molar-refractivity contribution in [2.24, 2.45) is 0 Å². The average molecular weight is 348 g/mol. The van der Waals surface area contributed by atoms with E-state index in [0.717, 1.165) is 17.2 Å². The Kier molecular flexibility index (Phi) is 6.09. The Morgan fingerprint density at radius 2 is 2.04 bits per heavy atom. The number of carbonyl (C=O) groups is 2. The highest BCUT2D eigenvalue weighted by molar-refractivity contribution is 6.31. The SMILES string of the molecule is Cc1cccc(/C=C/C(=O)OCC(=O)Nc2ccc(F)c(Cl)c2)c1. The Morgan fingerprint density at radius 1 is 1.25 bits per heavy atom. The summed E-state index contributed by atoms with van der Waals surface area (Å²) in [5.74, 6) is -1.76. The van der Waals surface area contributed by atoms with Crippen LogP contribution >= 0.6 is 11.6 Å². The van der Waals surface area contributed by atoms with E-state index in [-0.39, 0.29) is 5.02 Å². The van der Waals surface area contributed by atoms with Gasteiger partial charge in [0.2, 0.25) is 0 Å². The van der Waals surface area contributed by atoms with Crippen LogP contribution in [0.1, 0.15) is 11.1 Å². The molecule has 0 bridgehead atoms. The fraction of sp³-hybridized carbons (Fsp3) is 0.111. The number of amides is 1. The van der Waals surface area contributed by atoms with Gasteiger partial charge >= 0.3 is 5.97 Å². The Morgan fingerprint density at radius 3 is 2.75 bits per heavy atom. The van der Waals surface area contributed by atoms with Gasteiger partial charge in [-0.1, -0.05) is 41.4 Å². The number of benzene rings is 2. The van der Waals surface area contributed by atoms with Crippen molar-refractivity contribution in [3.8, 4) is 0 Å². The molecule has 24 heavy (non-hydrogen) atoms. The molecule has 0 aliphatic carbocycles. The lowest BCUT2D eigenvalue weighted by Crippen LogP contribution is -2.20. The van der Waals surface area contributed by atoms with Gasteiger partial charge in [-0.05, 0) is 36.8 Å². The molecule has 124 valence electrons. The van der Waals surface area contributed by atoms with Gasteiger partial charge in [0.15, 0.2) is 6.61 Å². The molecule has 1 amide bonds. The largest absolute Gasteiger partial charge is 0.452 e. The lowest BCUT2D eigenvalue weighted by Gasteiger charge is -2.06. The molecule has 0 heterocycles. The maximum Gasteiger partial charge on any atom is 0.331 e. The third-order valence-electron chi connectivity index (χ3n) is 3.00. The lowest BCUT2D eigenvalue weighted by atomic mass is 10.1. The Labute approximate surface area is 143 Å². The van der Waals surface area contributed by atoms with E-state index >= 15 is 0 Å². The zero-order chi connectivity index (χ0) is 17.5. The summed E-state index contributed by atoms with van der Waals surface area (Å²) in [6.45, 7) is 1.49. The molecule has 1 N–H and O–H groups in total. The summed E-state index contributed by atoms with van der Waals surface area (Å²) < 4.78 is 17.9. The maximum absolute atomic E-state index is 13.0. The van der Waals surface area contributed by atoms with Gasteiger partial charge in [0.1, 0.15) is 5.82 Å². The Hall–Kier alpha value is -2.66. The molecule has 6 heteroatoms. The van der Waals surface area contributed by atoms with E-state index in [1.807, 2.05) is 31.2 Å². The minimum absolute atomic E-state index is 0.106. The van der Waals surface area contributed by atoms with Gasteiger partial charge in [-0.25, -0.2) is 9.18 Å². The molecule has 0 unspecified atom stereocenters. The summed E-state index contributed by atoms with van der Waals surface area (Å²) in [4.78, 5) is 23.3. The second-order valence-corrected chi connectivity index (χ2v) is 5.44. The van der Waals surface area contributed by atoms with Crippen LogP contribution in [0.3, 0.4) is 0 Å². The number of hydrogen-bond donors (Lipinski definition) is 1. The lowest BCUT2D eigenvalue weighted by molar-refractivity contribution is -0.142. The van der Waals surface area contributed by atoms with Crippen molar-refractivity contribution < 1.29 is 18.7 Å². The van der Waals surface area contributed by atoms with Crippen LogP contribution in [0, 0.1) is 12.7 Å². The van der Waals surface area contributed by atoms with Gasteiger partial charge < -0.3 is 10.1 Å². The van der Waals surface area contributed by atoms with Crippen molar-refractivity contribution in [1.82, 2.24) is 0 Å². The third-order valence-corrected chi connectivity index (χ3v) is 3.29. The fourth-order valence-corrected chi connectivity index (χ4v) is 2.07. The highest BCUT2D eigenvalue weighted by atomic mass is 35.5. The minimum atomic E-state index is -0.635. The van der Waals surface area contributed by atoms with E-state index in [0.29, 0.717) is 5.69 Å². The standard InChI is InChI=1S/C18H15ClFNO3/c1-12-3-2-4-13(9-12)5-8-18(23)24-11-17(22)21-14-6-7-16(20)15(19)10-14/h2-10H,11H2,1H3,(H,21,22)/b8-5+. The molecule has 0 aliphatic heterocycles. The molecule has 0 spiro atoms. The molecule has 0 atom stereocenters. The molecule has 4 nitrogen and oxygen atoms in total. The summed E-state index contributed by atoms with van der Waals surface area (Å²) in [7, 11) is 0. The first-order chi connectivity index (χ1) is 11.4. The minimum Gasteiger partial charge on any atom is -0.452 e. The normalized spacial score (nSPS) is 10.6. The quantitative estimate of drug-likeness (QED) is 0.657. The van der Waals surface area contributed by atoms with Crippen LogP contribution in [-0.4, -0.2) is 18.5 Å². The number of nitrogens with one attached hydrogen (secondary N) is 1. The summed E-state index contributed by atoms with van der Waals surface area (Å²) in [6, 6.07) is 11.3. The van der Waals surface area contributed by atoms with Gasteiger partial charge in [0.25, 0.3) is 5.91 Å². The maximum atomic E-state index is 13.0. The summed E-state index contributed by atoms with van der Waals surface area (Å²) in [5, 5.41) is 2.35. The van der Waals surface area contributed by atoms with Crippen LogP contribution in [0.4, 0.5) is 10.1 Å². The van der Waals surface area contributed by atoms with Crippen molar-refractivity contribution >= 4 is 35.2 Å². The second-order valence-electron chi connectivity index (χ2n) is 5.03. The van der Waals surface area contributed by atoms with Crippen LogP contribution in [0.5, 0.6) is 0 Å². The zero-order valence-electron chi connectivity index (χ0n) is 12.9. The number of carbonyl (C=O) groups excluding carboxylic acids is 2. The van der Waals surface area contributed by atoms with E-state index < -0.39 is 24.3 Å². The van der Waals surface area contributed by atoms with Crippen molar-refractivity contribution in [2.75, 3.05) is 11.9 Å². The van der Waals surface area contributed by atoms with E-state index in [4.69, 9.17) is 16.3 Å². The Balaban J connectivity index is 1.82. The number of anilines is 1. The molecule has 0 aliphatic rings. The molecule has 0 aromatic heterocycles. The Bertz CT molecular complexity index is 790. The number of ether oxygens (including phenoxy) is 1. The van der Waals surface area contributed by atoms with E-state index in [2.05, 4.69) is 5.32 Å². The molecule has 2 aromatic rings. The molecule has 0 saturated heterocycles. The number of halogens is 2. The van der Waals surface area contributed by atoms with Crippen LogP contribution < -0.4 is 5.32 Å². The average Bonchev–Trinajstić information content (AvgIpc) is 2.54. The zero-order valence-corrected chi connectivity index (χ0v) is 13.6. The van der Waals surface area contributed by atoms with E-state index in [1.54, 1.807) is 6.08 Å². The predicted molar refractivity (Wildman–Crippen MR) is 91.2 cm³/mol. The van der Waals surface area contributed by atoms with Crippen LogP contribution in [0.2, 0.25) is 5.02 Å². The first-order valence-corrected chi connectivity index (χ1v) is 7.48. The van der Waals surface area contributed by atoms with Gasteiger partial charge in [0.05, 0.1) is 5.02 Å². The molecule has 0 saturated carbocycles. The highest BCUT2D eigenvalue weighted by Gasteiger charge is 2.07. The molecular formula is C18H15ClFNO3. The number of rotatable bonds is 5. The second kappa shape index (κ2) is 8.26. The van der Waals surface area contributed by atoms with Crippen molar-refractivity contribution in [3.63, 3.8) is 0 Å². The fourth-order valence-electron chi connectivity index (χ4n) is 1.89. The summed E-state index contributed by atoms with van der Waals surface area (Å²) in [5.41, 5.74) is 2.25. The van der Waals surface area contributed by atoms with Crippen LogP contribution in [-0.2, 0) is 14.3 Å². The van der Waals surface area contributed by atoms with Crippen molar-refractivity contribution in [3.05, 3.63) is 70.5 Å². The molecule has 0 radical (unpaired) electrons. The molecule has 0 fully saturated rings. The third kappa shape index (κ3) is 5.52. The van der Waals surface area contributed by atoms with Gasteiger partial charge in [0, 0.05) is 11.8 Å². The number of aryl methyl sites for hydroxylation is 1. The van der Waals surface area contributed by atoms with Crippen molar-refractivity contribution in [2.45, 2.75) is 6.92 Å².